The maximum Gasteiger partial charge on any atom is 0.253 e. The summed E-state index contributed by atoms with van der Waals surface area (Å²) in [5.74, 6) is -0.364. The molecule has 0 unspecified atom stereocenters. The molecule has 0 aliphatic rings. The summed E-state index contributed by atoms with van der Waals surface area (Å²) in [7, 11) is 0. The standard InChI is InChI=1S/C15H9Cl2FO/c16-12-5-1-10(2-6-12)9-14(15(17)19)11-3-7-13(18)8-4-11/h1-9H/b14-9+. The van der Waals surface area contributed by atoms with Crippen LogP contribution in [0.15, 0.2) is 48.5 Å². The topological polar surface area (TPSA) is 17.1 Å². The van der Waals surface area contributed by atoms with E-state index >= 15 is 0 Å². The summed E-state index contributed by atoms with van der Waals surface area (Å²) in [5.41, 5.74) is 1.66. The molecule has 0 amide bonds. The molecule has 0 aliphatic heterocycles. The van der Waals surface area contributed by atoms with E-state index in [2.05, 4.69) is 0 Å². The predicted octanol–water partition coefficient (Wildman–Crippen LogP) is 4.79. The molecule has 0 heterocycles. The fourth-order valence-electron chi connectivity index (χ4n) is 1.61. The lowest BCUT2D eigenvalue weighted by Crippen LogP contribution is -1.93. The van der Waals surface area contributed by atoms with Crippen molar-refractivity contribution in [1.82, 2.24) is 0 Å². The third-order valence-corrected chi connectivity index (χ3v) is 3.00. The molecule has 0 spiro atoms. The van der Waals surface area contributed by atoms with Gasteiger partial charge in [0.2, 0.25) is 0 Å². The predicted molar refractivity (Wildman–Crippen MR) is 76.6 cm³/mol. The average Bonchev–Trinajstić information content (AvgIpc) is 2.39. The molecular formula is C15H9Cl2FO. The molecular weight excluding hydrogens is 286 g/mol. The maximum atomic E-state index is 12.9. The number of carbonyl (C=O) groups excluding carboxylic acids is 1. The molecule has 0 fully saturated rings. The van der Waals surface area contributed by atoms with Gasteiger partial charge in [-0.05, 0) is 53.1 Å². The van der Waals surface area contributed by atoms with Gasteiger partial charge in [0.25, 0.3) is 5.24 Å². The fourth-order valence-corrected chi connectivity index (χ4v) is 1.90. The highest BCUT2D eigenvalue weighted by Crippen LogP contribution is 2.22. The van der Waals surface area contributed by atoms with E-state index in [1.807, 2.05) is 0 Å². The van der Waals surface area contributed by atoms with E-state index in [0.29, 0.717) is 16.2 Å². The van der Waals surface area contributed by atoms with Gasteiger partial charge in [-0.15, -0.1) is 0 Å². The van der Waals surface area contributed by atoms with E-state index in [1.165, 1.54) is 24.3 Å². The molecule has 0 saturated carbocycles. The van der Waals surface area contributed by atoms with Gasteiger partial charge in [-0.2, -0.15) is 0 Å². The van der Waals surface area contributed by atoms with Crippen LogP contribution in [0.4, 0.5) is 4.39 Å². The molecule has 0 bridgehead atoms. The van der Waals surface area contributed by atoms with Gasteiger partial charge in [0.1, 0.15) is 5.82 Å². The van der Waals surface area contributed by atoms with Crippen LogP contribution in [0.25, 0.3) is 11.6 Å². The first kappa shape index (κ1) is 13.8. The highest BCUT2D eigenvalue weighted by atomic mass is 35.5. The molecule has 0 atom stereocenters. The molecule has 0 radical (unpaired) electrons. The summed E-state index contributed by atoms with van der Waals surface area (Å²) in [6, 6.07) is 12.6. The summed E-state index contributed by atoms with van der Waals surface area (Å²) in [5, 5.41) is 0.0132. The van der Waals surface area contributed by atoms with Crippen molar-refractivity contribution in [3.05, 3.63) is 70.5 Å². The quantitative estimate of drug-likeness (QED) is 0.452. The smallest absolute Gasteiger partial charge is 0.253 e. The third-order valence-electron chi connectivity index (χ3n) is 2.55. The minimum absolute atomic E-state index is 0.309. The Morgan fingerprint density at radius 2 is 1.58 bits per heavy atom. The zero-order chi connectivity index (χ0) is 13.8. The molecule has 0 saturated heterocycles. The maximum absolute atomic E-state index is 12.9. The highest BCUT2D eigenvalue weighted by Gasteiger charge is 2.09. The number of carbonyl (C=O) groups is 1. The lowest BCUT2D eigenvalue weighted by Gasteiger charge is -2.03. The molecule has 96 valence electrons. The third kappa shape index (κ3) is 3.66. The van der Waals surface area contributed by atoms with E-state index in [-0.39, 0.29) is 5.82 Å². The largest absolute Gasteiger partial charge is 0.276 e. The summed E-state index contributed by atoms with van der Waals surface area (Å²) < 4.78 is 12.9. The second-order valence-electron chi connectivity index (χ2n) is 3.89. The monoisotopic (exact) mass is 294 g/mol. The van der Waals surface area contributed by atoms with E-state index in [0.717, 1.165) is 5.56 Å². The molecule has 2 rings (SSSR count). The Bertz CT molecular complexity index is 616. The van der Waals surface area contributed by atoms with Crippen LogP contribution in [0.3, 0.4) is 0 Å². The number of benzene rings is 2. The van der Waals surface area contributed by atoms with Gasteiger partial charge >= 0.3 is 0 Å². The van der Waals surface area contributed by atoms with Crippen molar-refractivity contribution in [2.75, 3.05) is 0 Å². The summed E-state index contributed by atoms with van der Waals surface area (Å²) >= 11 is 11.4. The van der Waals surface area contributed by atoms with E-state index in [4.69, 9.17) is 23.2 Å². The Kier molecular flexibility index (Phi) is 4.35. The first-order valence-corrected chi connectivity index (χ1v) is 6.25. The van der Waals surface area contributed by atoms with Crippen LogP contribution in [0.5, 0.6) is 0 Å². The Balaban J connectivity index is 2.43. The van der Waals surface area contributed by atoms with Gasteiger partial charge in [0, 0.05) is 10.6 Å². The van der Waals surface area contributed by atoms with Crippen molar-refractivity contribution in [1.29, 1.82) is 0 Å². The Morgan fingerprint density at radius 1 is 1.00 bits per heavy atom. The molecule has 2 aromatic carbocycles. The van der Waals surface area contributed by atoms with Crippen LogP contribution >= 0.6 is 23.2 Å². The van der Waals surface area contributed by atoms with Crippen LogP contribution in [-0.2, 0) is 4.79 Å². The second-order valence-corrected chi connectivity index (χ2v) is 4.67. The number of allylic oxidation sites excluding steroid dienone is 1. The van der Waals surface area contributed by atoms with Crippen LogP contribution in [0.2, 0.25) is 5.02 Å². The lowest BCUT2D eigenvalue weighted by atomic mass is 10.0. The van der Waals surface area contributed by atoms with Crippen LogP contribution in [-0.4, -0.2) is 5.24 Å². The number of hydrogen-bond acceptors (Lipinski definition) is 1. The van der Waals surface area contributed by atoms with Crippen LogP contribution in [0.1, 0.15) is 11.1 Å². The summed E-state index contributed by atoms with van der Waals surface area (Å²) in [6.45, 7) is 0. The number of hydrogen-bond donors (Lipinski definition) is 0. The number of halogens is 3. The lowest BCUT2D eigenvalue weighted by molar-refractivity contribution is -0.106. The van der Waals surface area contributed by atoms with Crippen molar-refractivity contribution in [2.24, 2.45) is 0 Å². The van der Waals surface area contributed by atoms with Crippen molar-refractivity contribution in [3.63, 3.8) is 0 Å². The molecule has 0 N–H and O–H groups in total. The van der Waals surface area contributed by atoms with Gasteiger partial charge in [0.05, 0.1) is 0 Å². The molecule has 19 heavy (non-hydrogen) atoms. The van der Waals surface area contributed by atoms with Crippen molar-refractivity contribution >= 4 is 40.1 Å². The van der Waals surface area contributed by atoms with Crippen LogP contribution < -0.4 is 0 Å². The second kappa shape index (κ2) is 6.00. The van der Waals surface area contributed by atoms with E-state index in [1.54, 1.807) is 30.3 Å². The zero-order valence-corrected chi connectivity index (χ0v) is 11.3. The van der Waals surface area contributed by atoms with Gasteiger partial charge in [0.15, 0.2) is 0 Å². The Morgan fingerprint density at radius 3 is 2.11 bits per heavy atom. The first-order chi connectivity index (χ1) is 9.06. The molecule has 4 heteroatoms. The SMILES string of the molecule is O=C(Cl)/C(=C/c1ccc(Cl)cc1)c1ccc(F)cc1. The molecule has 0 aliphatic carbocycles. The Labute approximate surface area is 120 Å². The normalized spacial score (nSPS) is 11.4. The fraction of sp³-hybridized carbons (Fsp3) is 0. The summed E-state index contributed by atoms with van der Waals surface area (Å²) in [6.07, 6.45) is 1.64. The van der Waals surface area contributed by atoms with Crippen molar-refractivity contribution in [2.45, 2.75) is 0 Å². The van der Waals surface area contributed by atoms with Crippen molar-refractivity contribution < 1.29 is 9.18 Å². The zero-order valence-electron chi connectivity index (χ0n) is 9.74. The highest BCUT2D eigenvalue weighted by molar-refractivity contribution is 6.75. The molecule has 0 aromatic heterocycles. The average molecular weight is 295 g/mol. The van der Waals surface area contributed by atoms with Crippen molar-refractivity contribution in [3.8, 4) is 0 Å². The van der Waals surface area contributed by atoms with Crippen LogP contribution in [0, 0.1) is 5.82 Å². The van der Waals surface area contributed by atoms with E-state index < -0.39 is 5.24 Å². The van der Waals surface area contributed by atoms with Gasteiger partial charge in [-0.25, -0.2) is 4.39 Å². The molecule has 2 aromatic rings. The molecule has 1 nitrogen and oxygen atoms in total. The Hall–Kier alpha value is -1.64. The van der Waals surface area contributed by atoms with Gasteiger partial charge < -0.3 is 0 Å². The van der Waals surface area contributed by atoms with Gasteiger partial charge in [-0.1, -0.05) is 35.9 Å². The first-order valence-electron chi connectivity index (χ1n) is 5.49. The minimum Gasteiger partial charge on any atom is -0.276 e. The minimum atomic E-state index is -0.596. The summed E-state index contributed by atoms with van der Waals surface area (Å²) in [4.78, 5) is 11.5. The van der Waals surface area contributed by atoms with Gasteiger partial charge in [-0.3, -0.25) is 4.79 Å². The van der Waals surface area contributed by atoms with E-state index in [9.17, 15) is 9.18 Å². The number of rotatable bonds is 3.